The first-order valence-electron chi connectivity index (χ1n) is 8.11. The number of carbonyl (C=O) groups is 2. The molecule has 1 saturated heterocycles. The SMILES string of the molecule is NC(=O)c1cc(Cl)ccc1OCC1CCN(C(=O)c2ccccc2)C1. The lowest BCUT2D eigenvalue weighted by molar-refractivity contribution is 0.0783. The molecule has 0 aromatic heterocycles. The maximum absolute atomic E-state index is 12.5. The fourth-order valence-corrected chi connectivity index (χ4v) is 3.12. The normalized spacial score (nSPS) is 16.7. The molecule has 0 aliphatic carbocycles. The van der Waals surface area contributed by atoms with Crippen molar-refractivity contribution in [3.63, 3.8) is 0 Å². The van der Waals surface area contributed by atoms with E-state index >= 15 is 0 Å². The van der Waals surface area contributed by atoms with Crippen molar-refractivity contribution in [1.29, 1.82) is 0 Å². The summed E-state index contributed by atoms with van der Waals surface area (Å²) in [4.78, 5) is 25.8. The maximum Gasteiger partial charge on any atom is 0.253 e. The molecule has 0 spiro atoms. The molecule has 1 unspecified atom stereocenters. The Hall–Kier alpha value is -2.53. The molecule has 3 rings (SSSR count). The number of hydrogen-bond donors (Lipinski definition) is 1. The number of halogens is 1. The second-order valence-electron chi connectivity index (χ2n) is 6.09. The van der Waals surface area contributed by atoms with Crippen molar-refractivity contribution in [2.75, 3.05) is 19.7 Å². The van der Waals surface area contributed by atoms with Gasteiger partial charge in [-0.25, -0.2) is 0 Å². The van der Waals surface area contributed by atoms with E-state index in [4.69, 9.17) is 22.1 Å². The number of nitrogens with two attached hydrogens (primary N) is 1. The van der Waals surface area contributed by atoms with Crippen molar-refractivity contribution < 1.29 is 14.3 Å². The molecule has 130 valence electrons. The molecule has 2 aromatic rings. The summed E-state index contributed by atoms with van der Waals surface area (Å²) in [5.41, 5.74) is 6.32. The highest BCUT2D eigenvalue weighted by molar-refractivity contribution is 6.31. The fourth-order valence-electron chi connectivity index (χ4n) is 2.94. The lowest BCUT2D eigenvalue weighted by Crippen LogP contribution is -2.29. The monoisotopic (exact) mass is 358 g/mol. The van der Waals surface area contributed by atoms with Gasteiger partial charge in [-0.2, -0.15) is 0 Å². The van der Waals surface area contributed by atoms with Crippen LogP contribution < -0.4 is 10.5 Å². The summed E-state index contributed by atoms with van der Waals surface area (Å²) in [6.45, 7) is 1.75. The Balaban J connectivity index is 1.59. The Labute approximate surface area is 151 Å². The van der Waals surface area contributed by atoms with Gasteiger partial charge < -0.3 is 15.4 Å². The summed E-state index contributed by atoms with van der Waals surface area (Å²) in [5, 5.41) is 0.432. The molecule has 2 aromatic carbocycles. The Kier molecular flexibility index (Phi) is 5.24. The van der Waals surface area contributed by atoms with E-state index in [1.807, 2.05) is 35.2 Å². The lowest BCUT2D eigenvalue weighted by Gasteiger charge is -2.17. The van der Waals surface area contributed by atoms with Crippen LogP contribution in [0.2, 0.25) is 5.02 Å². The van der Waals surface area contributed by atoms with E-state index in [0.29, 0.717) is 36.0 Å². The van der Waals surface area contributed by atoms with Gasteiger partial charge in [0, 0.05) is 29.6 Å². The van der Waals surface area contributed by atoms with Crippen molar-refractivity contribution in [2.45, 2.75) is 6.42 Å². The zero-order valence-electron chi connectivity index (χ0n) is 13.7. The zero-order chi connectivity index (χ0) is 17.8. The molecule has 1 fully saturated rings. The number of carbonyl (C=O) groups excluding carboxylic acids is 2. The van der Waals surface area contributed by atoms with Gasteiger partial charge in [0.25, 0.3) is 11.8 Å². The number of nitrogens with zero attached hydrogens (tertiary/aromatic N) is 1. The van der Waals surface area contributed by atoms with Crippen molar-refractivity contribution in [2.24, 2.45) is 11.7 Å². The molecule has 1 heterocycles. The molecular weight excluding hydrogens is 340 g/mol. The van der Waals surface area contributed by atoms with Gasteiger partial charge in [-0.1, -0.05) is 29.8 Å². The first kappa shape index (κ1) is 17.3. The molecule has 2 N–H and O–H groups in total. The molecule has 2 amide bonds. The van der Waals surface area contributed by atoms with Crippen LogP contribution >= 0.6 is 11.6 Å². The first-order chi connectivity index (χ1) is 12.0. The van der Waals surface area contributed by atoms with Gasteiger partial charge in [0.1, 0.15) is 5.75 Å². The van der Waals surface area contributed by atoms with Crippen LogP contribution in [0.3, 0.4) is 0 Å². The average Bonchev–Trinajstić information content (AvgIpc) is 3.09. The van der Waals surface area contributed by atoms with E-state index in [9.17, 15) is 9.59 Å². The molecule has 25 heavy (non-hydrogen) atoms. The zero-order valence-corrected chi connectivity index (χ0v) is 14.4. The first-order valence-corrected chi connectivity index (χ1v) is 8.49. The third kappa shape index (κ3) is 4.12. The number of ether oxygens (including phenoxy) is 1. The van der Waals surface area contributed by atoms with Crippen LogP contribution in [0.25, 0.3) is 0 Å². The topological polar surface area (TPSA) is 72.6 Å². The van der Waals surface area contributed by atoms with E-state index in [-0.39, 0.29) is 17.4 Å². The number of rotatable bonds is 5. The van der Waals surface area contributed by atoms with Crippen LogP contribution in [0.4, 0.5) is 0 Å². The second kappa shape index (κ2) is 7.57. The standard InChI is InChI=1S/C19H19ClN2O3/c20-15-6-7-17(16(10-15)18(21)23)25-12-13-8-9-22(11-13)19(24)14-4-2-1-3-5-14/h1-7,10,13H,8-9,11-12H2,(H2,21,23). The van der Waals surface area contributed by atoms with E-state index < -0.39 is 5.91 Å². The van der Waals surface area contributed by atoms with Crippen LogP contribution in [-0.4, -0.2) is 36.4 Å². The highest BCUT2D eigenvalue weighted by atomic mass is 35.5. The predicted molar refractivity (Wildman–Crippen MR) is 95.9 cm³/mol. The smallest absolute Gasteiger partial charge is 0.253 e. The minimum Gasteiger partial charge on any atom is -0.492 e. The third-order valence-corrected chi connectivity index (χ3v) is 4.51. The lowest BCUT2D eigenvalue weighted by atomic mass is 10.1. The largest absolute Gasteiger partial charge is 0.492 e. The number of likely N-dealkylation sites (tertiary alicyclic amines) is 1. The van der Waals surface area contributed by atoms with Crippen molar-refractivity contribution in [1.82, 2.24) is 4.90 Å². The van der Waals surface area contributed by atoms with Crippen LogP contribution in [0, 0.1) is 5.92 Å². The quantitative estimate of drug-likeness (QED) is 0.893. The summed E-state index contributed by atoms with van der Waals surface area (Å²) in [5.74, 6) is 0.0889. The summed E-state index contributed by atoms with van der Waals surface area (Å²) < 4.78 is 5.77. The average molecular weight is 359 g/mol. The van der Waals surface area contributed by atoms with Crippen LogP contribution in [0.5, 0.6) is 5.75 Å². The number of primary amides is 1. The molecule has 0 radical (unpaired) electrons. The molecule has 0 saturated carbocycles. The van der Waals surface area contributed by atoms with Gasteiger partial charge in [-0.05, 0) is 36.8 Å². The Morgan fingerprint density at radius 1 is 1.20 bits per heavy atom. The van der Waals surface area contributed by atoms with E-state index in [0.717, 1.165) is 6.42 Å². The molecule has 0 bridgehead atoms. The minimum atomic E-state index is -0.579. The Morgan fingerprint density at radius 2 is 1.96 bits per heavy atom. The van der Waals surface area contributed by atoms with Gasteiger partial charge in [-0.3, -0.25) is 9.59 Å². The van der Waals surface area contributed by atoms with Crippen LogP contribution in [0.1, 0.15) is 27.1 Å². The van der Waals surface area contributed by atoms with Gasteiger partial charge in [0.15, 0.2) is 0 Å². The van der Waals surface area contributed by atoms with E-state index in [1.165, 1.54) is 6.07 Å². The van der Waals surface area contributed by atoms with Gasteiger partial charge in [-0.15, -0.1) is 0 Å². The third-order valence-electron chi connectivity index (χ3n) is 4.28. The molecule has 1 aliphatic rings. The Morgan fingerprint density at radius 3 is 2.68 bits per heavy atom. The fraction of sp³-hybridized carbons (Fsp3) is 0.263. The summed E-state index contributed by atoms with van der Waals surface area (Å²) in [7, 11) is 0. The van der Waals surface area contributed by atoms with Crippen LogP contribution in [0.15, 0.2) is 48.5 Å². The maximum atomic E-state index is 12.5. The van der Waals surface area contributed by atoms with E-state index in [1.54, 1.807) is 12.1 Å². The van der Waals surface area contributed by atoms with E-state index in [2.05, 4.69) is 0 Å². The highest BCUT2D eigenvalue weighted by Crippen LogP contribution is 2.25. The number of amides is 2. The van der Waals surface area contributed by atoms with Crippen molar-refractivity contribution in [3.8, 4) is 5.75 Å². The number of hydrogen-bond acceptors (Lipinski definition) is 3. The van der Waals surface area contributed by atoms with Gasteiger partial charge >= 0.3 is 0 Å². The molecule has 6 heteroatoms. The molecule has 1 atom stereocenters. The van der Waals surface area contributed by atoms with Crippen LogP contribution in [-0.2, 0) is 0 Å². The Bertz CT molecular complexity index is 779. The second-order valence-corrected chi connectivity index (χ2v) is 6.52. The number of benzene rings is 2. The minimum absolute atomic E-state index is 0.0346. The molecule has 1 aliphatic heterocycles. The van der Waals surface area contributed by atoms with Gasteiger partial charge in [0.2, 0.25) is 0 Å². The highest BCUT2D eigenvalue weighted by Gasteiger charge is 2.27. The summed E-state index contributed by atoms with van der Waals surface area (Å²) in [6.07, 6.45) is 0.859. The predicted octanol–water partition coefficient (Wildman–Crippen LogP) is 2.98. The van der Waals surface area contributed by atoms with Crippen molar-refractivity contribution >= 4 is 23.4 Å². The summed E-state index contributed by atoms with van der Waals surface area (Å²) >= 11 is 5.89. The molecule has 5 nitrogen and oxygen atoms in total. The van der Waals surface area contributed by atoms with Gasteiger partial charge in [0.05, 0.1) is 12.2 Å². The molecular formula is C19H19ClN2O3. The van der Waals surface area contributed by atoms with Crippen molar-refractivity contribution in [3.05, 3.63) is 64.7 Å². The summed E-state index contributed by atoms with van der Waals surface area (Å²) in [6, 6.07) is 14.0.